The van der Waals surface area contributed by atoms with Crippen molar-refractivity contribution in [3.05, 3.63) is 57.3 Å². The zero-order valence-corrected chi connectivity index (χ0v) is 16.1. The van der Waals surface area contributed by atoms with Crippen molar-refractivity contribution in [2.24, 2.45) is 0 Å². The summed E-state index contributed by atoms with van der Waals surface area (Å²) < 4.78 is 0. The highest BCUT2D eigenvalue weighted by Gasteiger charge is 2.49. The average molecular weight is 383 g/mol. The molecule has 2 aliphatic heterocycles. The molecule has 4 amide bonds. The Balaban J connectivity index is 1.49. The SMILES string of the molecule is Cc1ccc(C2(C)NC(=O)N(CC(=O)N3CCc4sccc4C3)C2=O)cc1. The highest BCUT2D eigenvalue weighted by atomic mass is 32.1. The van der Waals surface area contributed by atoms with E-state index in [9.17, 15) is 14.4 Å². The van der Waals surface area contributed by atoms with Gasteiger partial charge < -0.3 is 10.2 Å². The third-order valence-corrected chi connectivity index (χ3v) is 6.38. The topological polar surface area (TPSA) is 69.7 Å². The Morgan fingerprint density at radius 1 is 1.22 bits per heavy atom. The maximum Gasteiger partial charge on any atom is 0.325 e. The monoisotopic (exact) mass is 383 g/mol. The van der Waals surface area contributed by atoms with Gasteiger partial charge in [0.15, 0.2) is 0 Å². The van der Waals surface area contributed by atoms with Crippen molar-refractivity contribution in [3.8, 4) is 0 Å². The van der Waals surface area contributed by atoms with Gasteiger partial charge in [0.25, 0.3) is 5.91 Å². The molecule has 0 bridgehead atoms. The molecule has 4 rings (SSSR count). The number of thiophene rings is 1. The van der Waals surface area contributed by atoms with E-state index in [0.29, 0.717) is 18.7 Å². The summed E-state index contributed by atoms with van der Waals surface area (Å²) in [6.07, 6.45) is 0.819. The number of imide groups is 1. The predicted molar refractivity (Wildman–Crippen MR) is 102 cm³/mol. The van der Waals surface area contributed by atoms with Crippen LogP contribution in [0.25, 0.3) is 0 Å². The van der Waals surface area contributed by atoms with Crippen molar-refractivity contribution in [1.29, 1.82) is 0 Å². The fourth-order valence-corrected chi connectivity index (χ4v) is 4.51. The zero-order valence-electron chi connectivity index (χ0n) is 15.3. The van der Waals surface area contributed by atoms with Crippen molar-refractivity contribution in [2.75, 3.05) is 13.1 Å². The van der Waals surface area contributed by atoms with Crippen LogP contribution in [0.15, 0.2) is 35.7 Å². The summed E-state index contributed by atoms with van der Waals surface area (Å²) in [5.74, 6) is -0.596. The van der Waals surface area contributed by atoms with E-state index in [1.807, 2.05) is 42.6 Å². The minimum atomic E-state index is -1.15. The van der Waals surface area contributed by atoms with Gasteiger partial charge in [-0.1, -0.05) is 29.8 Å². The number of aryl methyl sites for hydroxylation is 1. The fraction of sp³-hybridized carbons (Fsp3) is 0.350. The summed E-state index contributed by atoms with van der Waals surface area (Å²) in [5.41, 5.74) is 1.79. The number of urea groups is 1. The minimum absolute atomic E-state index is 0.205. The number of amides is 4. The van der Waals surface area contributed by atoms with Crippen LogP contribution >= 0.6 is 11.3 Å². The van der Waals surface area contributed by atoms with E-state index in [-0.39, 0.29) is 12.5 Å². The number of carbonyl (C=O) groups is 3. The Kier molecular flexibility index (Phi) is 4.26. The molecular formula is C20H21N3O3S. The van der Waals surface area contributed by atoms with Gasteiger partial charge >= 0.3 is 6.03 Å². The lowest BCUT2D eigenvalue weighted by atomic mass is 9.91. The summed E-state index contributed by atoms with van der Waals surface area (Å²) in [7, 11) is 0. The predicted octanol–water partition coefficient (Wildman–Crippen LogP) is 2.41. The van der Waals surface area contributed by atoms with E-state index in [2.05, 4.69) is 5.32 Å². The molecule has 140 valence electrons. The van der Waals surface area contributed by atoms with Crippen molar-refractivity contribution >= 4 is 29.2 Å². The second-order valence-electron chi connectivity index (χ2n) is 7.25. The Bertz CT molecular complexity index is 921. The van der Waals surface area contributed by atoms with E-state index in [1.165, 1.54) is 4.88 Å². The van der Waals surface area contributed by atoms with Gasteiger partial charge in [0.05, 0.1) is 0 Å². The van der Waals surface area contributed by atoms with Crippen LogP contribution < -0.4 is 5.32 Å². The minimum Gasteiger partial charge on any atom is -0.336 e. The van der Waals surface area contributed by atoms with E-state index in [4.69, 9.17) is 0 Å². The molecule has 27 heavy (non-hydrogen) atoms. The maximum absolute atomic E-state index is 13.0. The van der Waals surface area contributed by atoms with Crippen LogP contribution in [0.5, 0.6) is 0 Å². The Morgan fingerprint density at radius 3 is 2.70 bits per heavy atom. The second-order valence-corrected chi connectivity index (χ2v) is 8.25. The molecule has 0 saturated carbocycles. The first-order valence-electron chi connectivity index (χ1n) is 8.93. The Labute approximate surface area is 161 Å². The number of nitrogens with one attached hydrogen (secondary N) is 1. The molecular weight excluding hydrogens is 362 g/mol. The van der Waals surface area contributed by atoms with E-state index in [1.54, 1.807) is 23.2 Å². The number of fused-ring (bicyclic) bond motifs is 1. The van der Waals surface area contributed by atoms with Crippen LogP contribution in [-0.4, -0.2) is 40.7 Å². The third-order valence-electron chi connectivity index (χ3n) is 5.36. The molecule has 1 unspecified atom stereocenters. The maximum atomic E-state index is 13.0. The lowest BCUT2D eigenvalue weighted by molar-refractivity contribution is -0.139. The molecule has 7 heteroatoms. The molecule has 1 fully saturated rings. The average Bonchev–Trinajstić information content (AvgIpc) is 3.20. The number of benzene rings is 1. The molecule has 2 aromatic rings. The quantitative estimate of drug-likeness (QED) is 0.828. The molecule has 1 aromatic heterocycles. The van der Waals surface area contributed by atoms with E-state index >= 15 is 0 Å². The molecule has 1 saturated heterocycles. The van der Waals surface area contributed by atoms with Crippen LogP contribution in [0.3, 0.4) is 0 Å². The van der Waals surface area contributed by atoms with Gasteiger partial charge in [-0.05, 0) is 42.8 Å². The Hall–Kier alpha value is -2.67. The number of rotatable bonds is 3. The van der Waals surface area contributed by atoms with Gasteiger partial charge in [0.2, 0.25) is 5.91 Å². The van der Waals surface area contributed by atoms with E-state index in [0.717, 1.165) is 22.4 Å². The second kappa shape index (κ2) is 6.49. The summed E-state index contributed by atoms with van der Waals surface area (Å²) >= 11 is 1.70. The third kappa shape index (κ3) is 3.02. The highest BCUT2D eigenvalue weighted by Crippen LogP contribution is 2.29. The number of carbonyl (C=O) groups excluding carboxylic acids is 3. The summed E-state index contributed by atoms with van der Waals surface area (Å²) in [6, 6.07) is 8.98. The number of nitrogens with zero attached hydrogens (tertiary/aromatic N) is 2. The number of hydrogen-bond donors (Lipinski definition) is 1. The lowest BCUT2D eigenvalue weighted by Crippen LogP contribution is -2.45. The molecule has 1 atom stereocenters. The molecule has 0 radical (unpaired) electrons. The van der Waals surface area contributed by atoms with Crippen LogP contribution in [-0.2, 0) is 28.1 Å². The molecule has 2 aliphatic rings. The van der Waals surface area contributed by atoms with Crippen molar-refractivity contribution < 1.29 is 14.4 Å². The Morgan fingerprint density at radius 2 is 1.96 bits per heavy atom. The normalized spacial score (nSPS) is 22.0. The van der Waals surface area contributed by atoms with E-state index < -0.39 is 17.5 Å². The standard InChI is InChI=1S/C20H21N3O3S/c1-13-3-5-15(6-4-13)20(2)18(25)23(19(26)21-20)12-17(24)22-9-7-16-14(11-22)8-10-27-16/h3-6,8,10H,7,9,11-12H2,1-2H3,(H,21,26). The van der Waals surface area contributed by atoms with Crippen LogP contribution in [0.4, 0.5) is 4.79 Å². The molecule has 1 N–H and O–H groups in total. The summed E-state index contributed by atoms with van der Waals surface area (Å²) in [6.45, 7) is 4.57. The van der Waals surface area contributed by atoms with Gasteiger partial charge in [-0.3, -0.25) is 14.5 Å². The highest BCUT2D eigenvalue weighted by molar-refractivity contribution is 7.10. The first-order chi connectivity index (χ1) is 12.9. The van der Waals surface area contributed by atoms with Crippen molar-refractivity contribution in [1.82, 2.24) is 15.1 Å². The summed E-state index contributed by atoms with van der Waals surface area (Å²) in [5, 5.41) is 4.78. The first-order valence-corrected chi connectivity index (χ1v) is 9.81. The van der Waals surface area contributed by atoms with Gasteiger partial charge in [0, 0.05) is 18.0 Å². The zero-order chi connectivity index (χ0) is 19.2. The van der Waals surface area contributed by atoms with Gasteiger partial charge in [-0.15, -0.1) is 11.3 Å². The first kappa shape index (κ1) is 17.7. The molecule has 6 nitrogen and oxygen atoms in total. The number of hydrogen-bond acceptors (Lipinski definition) is 4. The van der Waals surface area contributed by atoms with Crippen LogP contribution in [0.1, 0.15) is 28.5 Å². The molecule has 3 heterocycles. The van der Waals surface area contributed by atoms with Gasteiger partial charge in [0.1, 0.15) is 12.1 Å². The smallest absolute Gasteiger partial charge is 0.325 e. The van der Waals surface area contributed by atoms with Crippen LogP contribution in [0.2, 0.25) is 0 Å². The molecule has 0 aliphatic carbocycles. The van der Waals surface area contributed by atoms with Gasteiger partial charge in [-0.25, -0.2) is 4.79 Å². The molecule has 0 spiro atoms. The van der Waals surface area contributed by atoms with Crippen molar-refractivity contribution in [2.45, 2.75) is 32.4 Å². The van der Waals surface area contributed by atoms with Crippen molar-refractivity contribution in [3.63, 3.8) is 0 Å². The van der Waals surface area contributed by atoms with Gasteiger partial charge in [-0.2, -0.15) is 0 Å². The molecule has 1 aromatic carbocycles. The lowest BCUT2D eigenvalue weighted by Gasteiger charge is -2.28. The summed E-state index contributed by atoms with van der Waals surface area (Å²) in [4.78, 5) is 42.2. The largest absolute Gasteiger partial charge is 0.336 e. The fourth-order valence-electron chi connectivity index (χ4n) is 3.62. The van der Waals surface area contributed by atoms with Crippen LogP contribution in [0, 0.1) is 6.92 Å².